The van der Waals surface area contributed by atoms with E-state index in [1.165, 1.54) is 4.88 Å². The van der Waals surface area contributed by atoms with Gasteiger partial charge in [-0.3, -0.25) is 16.0 Å². The van der Waals surface area contributed by atoms with Gasteiger partial charge in [0.1, 0.15) is 0 Å². The van der Waals surface area contributed by atoms with E-state index in [9.17, 15) is 0 Å². The van der Waals surface area contributed by atoms with Gasteiger partial charge in [0.2, 0.25) is 0 Å². The van der Waals surface area contributed by atoms with E-state index in [0.29, 0.717) is 6.04 Å². The highest BCUT2D eigenvalue weighted by Gasteiger charge is 2.21. The highest BCUT2D eigenvalue weighted by molar-refractivity contribution is 9.10. The third kappa shape index (κ3) is 2.83. The van der Waals surface area contributed by atoms with Crippen molar-refractivity contribution in [3.63, 3.8) is 0 Å². The zero-order valence-corrected chi connectivity index (χ0v) is 12.8. The van der Waals surface area contributed by atoms with Gasteiger partial charge in [0, 0.05) is 17.3 Å². The smallest absolute Gasteiger partial charge is 0.0715 e. The molecule has 98 valence electrons. The second-order valence-electron chi connectivity index (χ2n) is 4.42. The molecule has 0 aromatic carbocycles. The molecule has 4 nitrogen and oxygen atoms in total. The quantitative estimate of drug-likeness (QED) is 0.655. The van der Waals surface area contributed by atoms with Gasteiger partial charge in [-0.1, -0.05) is 6.07 Å². The first-order chi connectivity index (χ1) is 8.63. The number of nitrogens with one attached hydrogen (secondary N) is 1. The van der Waals surface area contributed by atoms with Crippen molar-refractivity contribution in [2.45, 2.75) is 32.4 Å². The topological polar surface area (TPSA) is 55.9 Å². The molecule has 0 amide bonds. The SMILES string of the molecule is CC(C)n1ncc(Br)c1C(Cc1cccs1)NN. The lowest BCUT2D eigenvalue weighted by atomic mass is 10.1. The molecule has 0 aliphatic heterocycles. The molecule has 1 unspecified atom stereocenters. The first kappa shape index (κ1) is 13.7. The van der Waals surface area contributed by atoms with Crippen LogP contribution in [0.1, 0.15) is 36.5 Å². The van der Waals surface area contributed by atoms with E-state index in [4.69, 9.17) is 5.84 Å². The lowest BCUT2D eigenvalue weighted by molar-refractivity contribution is 0.448. The van der Waals surface area contributed by atoms with Crippen molar-refractivity contribution < 1.29 is 0 Å². The third-order valence-corrected chi connectivity index (χ3v) is 4.30. The van der Waals surface area contributed by atoms with Gasteiger partial charge in [-0.05, 0) is 41.2 Å². The summed E-state index contributed by atoms with van der Waals surface area (Å²) in [5.74, 6) is 5.71. The van der Waals surface area contributed by atoms with Gasteiger partial charge >= 0.3 is 0 Å². The van der Waals surface area contributed by atoms with E-state index >= 15 is 0 Å². The highest BCUT2D eigenvalue weighted by Crippen LogP contribution is 2.28. The van der Waals surface area contributed by atoms with E-state index in [0.717, 1.165) is 16.6 Å². The van der Waals surface area contributed by atoms with Crippen LogP contribution in [0.4, 0.5) is 0 Å². The predicted octanol–water partition coefficient (Wildman–Crippen LogP) is 3.04. The van der Waals surface area contributed by atoms with Gasteiger partial charge in [0.15, 0.2) is 0 Å². The number of nitrogens with zero attached hydrogens (tertiary/aromatic N) is 2. The van der Waals surface area contributed by atoms with Crippen LogP contribution in [0.5, 0.6) is 0 Å². The molecule has 0 radical (unpaired) electrons. The molecular formula is C12H17BrN4S. The zero-order valence-electron chi connectivity index (χ0n) is 10.4. The average molecular weight is 329 g/mol. The zero-order chi connectivity index (χ0) is 13.1. The molecule has 2 aromatic rings. The van der Waals surface area contributed by atoms with Gasteiger partial charge in [0.05, 0.1) is 22.4 Å². The molecule has 3 N–H and O–H groups in total. The van der Waals surface area contributed by atoms with Crippen molar-refractivity contribution in [3.8, 4) is 0 Å². The van der Waals surface area contributed by atoms with Crippen molar-refractivity contribution in [1.29, 1.82) is 0 Å². The molecule has 2 heterocycles. The largest absolute Gasteiger partial charge is 0.271 e. The number of hydrogen-bond acceptors (Lipinski definition) is 4. The fourth-order valence-corrected chi connectivity index (χ4v) is 3.25. The average Bonchev–Trinajstić information content (AvgIpc) is 2.95. The monoisotopic (exact) mass is 328 g/mol. The Hall–Kier alpha value is -0.690. The van der Waals surface area contributed by atoms with Crippen LogP contribution in [0.3, 0.4) is 0 Å². The maximum absolute atomic E-state index is 5.71. The van der Waals surface area contributed by atoms with E-state index in [1.54, 1.807) is 11.3 Å². The summed E-state index contributed by atoms with van der Waals surface area (Å²) in [5.41, 5.74) is 3.99. The van der Waals surface area contributed by atoms with Crippen molar-refractivity contribution in [3.05, 3.63) is 38.8 Å². The molecule has 0 aliphatic rings. The van der Waals surface area contributed by atoms with Crippen LogP contribution < -0.4 is 11.3 Å². The first-order valence-corrected chi connectivity index (χ1v) is 7.52. The van der Waals surface area contributed by atoms with Gasteiger partial charge in [-0.2, -0.15) is 5.10 Å². The van der Waals surface area contributed by atoms with Crippen LogP contribution in [0.25, 0.3) is 0 Å². The molecular weight excluding hydrogens is 312 g/mol. The number of halogens is 1. The van der Waals surface area contributed by atoms with Crippen molar-refractivity contribution >= 4 is 27.3 Å². The normalized spacial score (nSPS) is 13.2. The molecule has 0 saturated heterocycles. The predicted molar refractivity (Wildman–Crippen MR) is 78.4 cm³/mol. The Morgan fingerprint density at radius 2 is 2.33 bits per heavy atom. The summed E-state index contributed by atoms with van der Waals surface area (Å²) >= 11 is 5.30. The number of nitrogens with two attached hydrogens (primary N) is 1. The van der Waals surface area contributed by atoms with Crippen LogP contribution in [0.2, 0.25) is 0 Å². The second-order valence-corrected chi connectivity index (χ2v) is 6.31. The number of aromatic nitrogens is 2. The lowest BCUT2D eigenvalue weighted by Crippen LogP contribution is -2.31. The molecule has 18 heavy (non-hydrogen) atoms. The Morgan fingerprint density at radius 1 is 1.56 bits per heavy atom. The first-order valence-electron chi connectivity index (χ1n) is 5.85. The number of hydrazine groups is 1. The van der Waals surface area contributed by atoms with Crippen molar-refractivity contribution in [2.75, 3.05) is 0 Å². The van der Waals surface area contributed by atoms with Crippen LogP contribution in [0, 0.1) is 0 Å². The summed E-state index contributed by atoms with van der Waals surface area (Å²) in [7, 11) is 0. The molecule has 0 aliphatic carbocycles. The molecule has 0 fully saturated rings. The Labute approximate surface area is 119 Å². The van der Waals surface area contributed by atoms with Gasteiger partial charge in [0.25, 0.3) is 0 Å². The minimum Gasteiger partial charge on any atom is -0.271 e. The minimum absolute atomic E-state index is 0.0583. The maximum Gasteiger partial charge on any atom is 0.0715 e. The molecule has 2 aromatic heterocycles. The van der Waals surface area contributed by atoms with E-state index in [1.807, 2.05) is 10.9 Å². The van der Waals surface area contributed by atoms with Gasteiger partial charge in [-0.25, -0.2) is 0 Å². The van der Waals surface area contributed by atoms with E-state index < -0.39 is 0 Å². The van der Waals surface area contributed by atoms with Gasteiger partial charge in [-0.15, -0.1) is 11.3 Å². The minimum atomic E-state index is 0.0583. The lowest BCUT2D eigenvalue weighted by Gasteiger charge is -2.19. The molecule has 0 spiro atoms. The summed E-state index contributed by atoms with van der Waals surface area (Å²) in [5, 5.41) is 6.47. The fourth-order valence-electron chi connectivity index (χ4n) is 1.95. The Morgan fingerprint density at radius 3 is 2.89 bits per heavy atom. The Balaban J connectivity index is 2.29. The van der Waals surface area contributed by atoms with Crippen LogP contribution in [-0.2, 0) is 6.42 Å². The molecule has 2 rings (SSSR count). The molecule has 6 heteroatoms. The fraction of sp³-hybridized carbons (Fsp3) is 0.417. The summed E-state index contributed by atoms with van der Waals surface area (Å²) in [6.07, 6.45) is 2.69. The summed E-state index contributed by atoms with van der Waals surface area (Å²) in [6.45, 7) is 4.23. The number of hydrogen-bond donors (Lipinski definition) is 2. The van der Waals surface area contributed by atoms with Crippen LogP contribution in [-0.4, -0.2) is 9.78 Å². The maximum atomic E-state index is 5.71. The highest BCUT2D eigenvalue weighted by atomic mass is 79.9. The van der Waals surface area contributed by atoms with E-state index in [-0.39, 0.29) is 6.04 Å². The molecule has 0 bridgehead atoms. The second kappa shape index (κ2) is 5.97. The van der Waals surface area contributed by atoms with Crippen LogP contribution in [0.15, 0.2) is 28.2 Å². The summed E-state index contributed by atoms with van der Waals surface area (Å²) in [4.78, 5) is 1.31. The van der Waals surface area contributed by atoms with Crippen LogP contribution >= 0.6 is 27.3 Å². The summed E-state index contributed by atoms with van der Waals surface area (Å²) in [6, 6.07) is 4.55. The van der Waals surface area contributed by atoms with Crippen molar-refractivity contribution in [2.24, 2.45) is 5.84 Å². The summed E-state index contributed by atoms with van der Waals surface area (Å²) < 4.78 is 3.00. The Kier molecular flexibility index (Phi) is 4.55. The third-order valence-electron chi connectivity index (χ3n) is 2.79. The number of rotatable bonds is 5. The van der Waals surface area contributed by atoms with E-state index in [2.05, 4.69) is 57.8 Å². The molecule has 0 saturated carbocycles. The molecule has 1 atom stereocenters. The standard InChI is InChI=1S/C12H17BrN4S/c1-8(2)17-12(10(13)7-15-17)11(16-14)6-9-4-3-5-18-9/h3-5,7-8,11,16H,6,14H2,1-2H3. The van der Waals surface area contributed by atoms with Crippen molar-refractivity contribution in [1.82, 2.24) is 15.2 Å². The van der Waals surface area contributed by atoms with Gasteiger partial charge < -0.3 is 0 Å². The Bertz CT molecular complexity index is 492. The number of thiophene rings is 1.